The highest BCUT2D eigenvalue weighted by atomic mass is 16.5. The van der Waals surface area contributed by atoms with Crippen molar-refractivity contribution in [1.82, 2.24) is 0 Å². The SMILES string of the molecule is CCCCCOc1ccc(CC(C)CC(C)N)cc1. The first-order chi connectivity index (χ1) is 9.11. The highest BCUT2D eigenvalue weighted by Crippen LogP contribution is 2.17. The van der Waals surface area contributed by atoms with Crippen molar-refractivity contribution < 1.29 is 4.74 Å². The summed E-state index contributed by atoms with van der Waals surface area (Å²) in [6.45, 7) is 7.37. The minimum atomic E-state index is 0.288. The van der Waals surface area contributed by atoms with Crippen LogP contribution < -0.4 is 10.5 Å². The van der Waals surface area contributed by atoms with Crippen molar-refractivity contribution in [2.75, 3.05) is 6.61 Å². The van der Waals surface area contributed by atoms with Gasteiger partial charge in [0.1, 0.15) is 5.75 Å². The standard InChI is InChI=1S/C17H29NO/c1-4-5-6-11-19-17-9-7-16(8-10-17)13-14(2)12-15(3)18/h7-10,14-15H,4-6,11-13,18H2,1-3H3. The maximum atomic E-state index is 5.83. The molecule has 0 saturated heterocycles. The molecular weight excluding hydrogens is 234 g/mol. The molecule has 108 valence electrons. The number of nitrogens with two attached hydrogens (primary N) is 1. The van der Waals surface area contributed by atoms with Gasteiger partial charge < -0.3 is 10.5 Å². The second-order valence-electron chi connectivity index (χ2n) is 5.72. The van der Waals surface area contributed by atoms with Crippen LogP contribution >= 0.6 is 0 Å². The lowest BCUT2D eigenvalue weighted by atomic mass is 9.95. The van der Waals surface area contributed by atoms with Crippen molar-refractivity contribution in [1.29, 1.82) is 0 Å². The number of benzene rings is 1. The van der Waals surface area contributed by atoms with Crippen molar-refractivity contribution in [3.05, 3.63) is 29.8 Å². The Morgan fingerprint density at radius 1 is 1.11 bits per heavy atom. The van der Waals surface area contributed by atoms with E-state index in [1.54, 1.807) is 0 Å². The molecule has 0 spiro atoms. The molecule has 2 atom stereocenters. The van der Waals surface area contributed by atoms with E-state index in [0.29, 0.717) is 5.92 Å². The summed E-state index contributed by atoms with van der Waals surface area (Å²) in [5.74, 6) is 1.62. The average Bonchev–Trinajstić information content (AvgIpc) is 2.35. The Bertz CT molecular complexity index is 332. The number of rotatable bonds is 9. The molecule has 0 aliphatic rings. The third-order valence-electron chi connectivity index (χ3n) is 3.30. The summed E-state index contributed by atoms with van der Waals surface area (Å²) in [4.78, 5) is 0. The summed E-state index contributed by atoms with van der Waals surface area (Å²) in [6, 6.07) is 8.80. The van der Waals surface area contributed by atoms with E-state index in [0.717, 1.165) is 31.6 Å². The molecule has 0 heterocycles. The van der Waals surface area contributed by atoms with Crippen LogP contribution in [0, 0.1) is 5.92 Å². The van der Waals surface area contributed by atoms with Crippen molar-refractivity contribution in [3.63, 3.8) is 0 Å². The first-order valence-electron chi connectivity index (χ1n) is 7.59. The molecule has 1 aromatic rings. The van der Waals surface area contributed by atoms with Crippen LogP contribution in [0.2, 0.25) is 0 Å². The number of ether oxygens (including phenoxy) is 1. The average molecular weight is 263 g/mol. The fourth-order valence-corrected chi connectivity index (χ4v) is 2.38. The van der Waals surface area contributed by atoms with E-state index in [1.807, 2.05) is 0 Å². The van der Waals surface area contributed by atoms with Crippen LogP contribution in [0.25, 0.3) is 0 Å². The molecule has 19 heavy (non-hydrogen) atoms. The van der Waals surface area contributed by atoms with Crippen molar-refractivity contribution >= 4 is 0 Å². The summed E-state index contributed by atoms with van der Waals surface area (Å²) in [7, 11) is 0. The molecule has 2 unspecified atom stereocenters. The number of hydrogen-bond donors (Lipinski definition) is 1. The van der Waals surface area contributed by atoms with Crippen LogP contribution in [0.15, 0.2) is 24.3 Å². The van der Waals surface area contributed by atoms with Gasteiger partial charge in [0.2, 0.25) is 0 Å². The molecular formula is C17H29NO. The first-order valence-corrected chi connectivity index (χ1v) is 7.59. The molecule has 0 aliphatic carbocycles. The third kappa shape index (κ3) is 7.22. The number of hydrogen-bond acceptors (Lipinski definition) is 2. The van der Waals surface area contributed by atoms with E-state index < -0.39 is 0 Å². The molecule has 2 N–H and O–H groups in total. The van der Waals surface area contributed by atoms with Gasteiger partial charge in [-0.15, -0.1) is 0 Å². The van der Waals surface area contributed by atoms with Crippen LogP contribution in [0.4, 0.5) is 0 Å². The molecule has 2 heteroatoms. The van der Waals surface area contributed by atoms with Gasteiger partial charge in [0.05, 0.1) is 6.61 Å². The molecule has 0 bridgehead atoms. The van der Waals surface area contributed by atoms with Gasteiger partial charge in [-0.25, -0.2) is 0 Å². The smallest absolute Gasteiger partial charge is 0.119 e. The minimum absolute atomic E-state index is 0.288. The highest BCUT2D eigenvalue weighted by Gasteiger charge is 2.06. The summed E-state index contributed by atoms with van der Waals surface area (Å²) in [5.41, 5.74) is 7.20. The van der Waals surface area contributed by atoms with E-state index in [1.165, 1.54) is 18.4 Å². The lowest BCUT2D eigenvalue weighted by molar-refractivity contribution is 0.306. The summed E-state index contributed by atoms with van der Waals surface area (Å²) < 4.78 is 5.71. The lowest BCUT2D eigenvalue weighted by Crippen LogP contribution is -2.19. The Hall–Kier alpha value is -1.02. The van der Waals surface area contributed by atoms with Gasteiger partial charge in [-0.05, 0) is 49.8 Å². The summed E-state index contributed by atoms with van der Waals surface area (Å²) in [6.07, 6.45) is 5.79. The predicted octanol–water partition coefficient (Wildman–Crippen LogP) is 4.17. The van der Waals surface area contributed by atoms with Gasteiger partial charge in [0.25, 0.3) is 0 Å². The van der Waals surface area contributed by atoms with Gasteiger partial charge in [-0.3, -0.25) is 0 Å². The monoisotopic (exact) mass is 263 g/mol. The van der Waals surface area contributed by atoms with Gasteiger partial charge in [0, 0.05) is 6.04 Å². The molecule has 0 saturated carbocycles. The predicted molar refractivity (Wildman–Crippen MR) is 82.6 cm³/mol. The van der Waals surface area contributed by atoms with Gasteiger partial charge >= 0.3 is 0 Å². The van der Waals surface area contributed by atoms with Crippen LogP contribution in [0.5, 0.6) is 5.75 Å². The molecule has 1 rings (SSSR count). The maximum absolute atomic E-state index is 5.83. The molecule has 1 aromatic carbocycles. The Kier molecular flexibility index (Phi) is 7.57. The third-order valence-corrected chi connectivity index (χ3v) is 3.30. The van der Waals surface area contributed by atoms with Gasteiger partial charge in [-0.2, -0.15) is 0 Å². The second kappa shape index (κ2) is 8.98. The fraction of sp³-hybridized carbons (Fsp3) is 0.647. The van der Waals surface area contributed by atoms with Crippen molar-refractivity contribution in [3.8, 4) is 5.75 Å². The Morgan fingerprint density at radius 3 is 2.37 bits per heavy atom. The van der Waals surface area contributed by atoms with E-state index in [2.05, 4.69) is 45.0 Å². The first kappa shape index (κ1) is 16.0. The summed E-state index contributed by atoms with van der Waals surface area (Å²) in [5, 5.41) is 0. The zero-order chi connectivity index (χ0) is 14.1. The van der Waals surface area contributed by atoms with Crippen molar-refractivity contribution in [2.24, 2.45) is 11.7 Å². The molecule has 0 aromatic heterocycles. The van der Waals surface area contributed by atoms with Gasteiger partial charge in [0.15, 0.2) is 0 Å². The second-order valence-corrected chi connectivity index (χ2v) is 5.72. The largest absolute Gasteiger partial charge is 0.494 e. The highest BCUT2D eigenvalue weighted by molar-refractivity contribution is 5.27. The quantitative estimate of drug-likeness (QED) is 0.679. The lowest BCUT2D eigenvalue weighted by Gasteiger charge is -2.14. The zero-order valence-electron chi connectivity index (χ0n) is 12.7. The van der Waals surface area contributed by atoms with Crippen LogP contribution in [-0.2, 0) is 6.42 Å². The van der Waals surface area contributed by atoms with E-state index in [9.17, 15) is 0 Å². The van der Waals surface area contributed by atoms with Crippen LogP contribution in [-0.4, -0.2) is 12.6 Å². The van der Waals surface area contributed by atoms with E-state index in [4.69, 9.17) is 10.5 Å². The summed E-state index contributed by atoms with van der Waals surface area (Å²) >= 11 is 0. The Morgan fingerprint density at radius 2 is 1.79 bits per heavy atom. The molecule has 0 amide bonds. The van der Waals surface area contributed by atoms with E-state index in [-0.39, 0.29) is 6.04 Å². The van der Waals surface area contributed by atoms with Crippen LogP contribution in [0.3, 0.4) is 0 Å². The fourth-order valence-electron chi connectivity index (χ4n) is 2.38. The minimum Gasteiger partial charge on any atom is -0.494 e. The van der Waals surface area contributed by atoms with Crippen LogP contribution in [0.1, 0.15) is 52.0 Å². The van der Waals surface area contributed by atoms with Gasteiger partial charge in [-0.1, -0.05) is 38.8 Å². The molecule has 0 radical (unpaired) electrons. The Balaban J connectivity index is 2.34. The molecule has 2 nitrogen and oxygen atoms in total. The number of unbranched alkanes of at least 4 members (excludes halogenated alkanes) is 2. The normalized spacial score (nSPS) is 14.1. The van der Waals surface area contributed by atoms with Crippen molar-refractivity contribution in [2.45, 2.75) is 58.9 Å². The maximum Gasteiger partial charge on any atom is 0.119 e. The van der Waals surface area contributed by atoms with E-state index >= 15 is 0 Å². The molecule has 0 aliphatic heterocycles. The zero-order valence-corrected chi connectivity index (χ0v) is 12.7. The Labute approximate surface area is 118 Å². The molecule has 0 fully saturated rings. The topological polar surface area (TPSA) is 35.2 Å².